The van der Waals surface area contributed by atoms with Crippen molar-refractivity contribution in [2.24, 2.45) is 5.92 Å². The summed E-state index contributed by atoms with van der Waals surface area (Å²) >= 11 is 0. The van der Waals surface area contributed by atoms with E-state index in [1.807, 2.05) is 0 Å². The van der Waals surface area contributed by atoms with Crippen molar-refractivity contribution >= 4 is 5.57 Å². The fourth-order valence-corrected chi connectivity index (χ4v) is 1.89. The molecular formula is C16H18. The maximum Gasteiger partial charge on any atom is -0.00883 e. The van der Waals surface area contributed by atoms with E-state index in [2.05, 4.69) is 68.5 Å². The highest BCUT2D eigenvalue weighted by molar-refractivity contribution is 5.70. The van der Waals surface area contributed by atoms with Gasteiger partial charge >= 0.3 is 0 Å². The second-order valence-electron chi connectivity index (χ2n) is 4.49. The van der Waals surface area contributed by atoms with Crippen molar-refractivity contribution in [2.45, 2.75) is 20.3 Å². The van der Waals surface area contributed by atoms with Gasteiger partial charge in [0.1, 0.15) is 0 Å². The molecular weight excluding hydrogens is 192 g/mol. The minimum Gasteiger partial charge on any atom is -0.0801 e. The van der Waals surface area contributed by atoms with Gasteiger partial charge in [0.25, 0.3) is 0 Å². The molecule has 0 heteroatoms. The molecule has 0 amide bonds. The van der Waals surface area contributed by atoms with Crippen LogP contribution >= 0.6 is 0 Å². The normalized spacial score (nSPS) is 15.7. The average molecular weight is 210 g/mol. The van der Waals surface area contributed by atoms with Crippen LogP contribution in [0.5, 0.6) is 0 Å². The van der Waals surface area contributed by atoms with Gasteiger partial charge in [0.05, 0.1) is 0 Å². The van der Waals surface area contributed by atoms with Crippen LogP contribution in [0.1, 0.15) is 25.8 Å². The average Bonchev–Trinajstić information content (AvgIpc) is 2.56. The summed E-state index contributed by atoms with van der Waals surface area (Å²) in [7, 11) is 0. The molecule has 1 aromatic rings. The van der Waals surface area contributed by atoms with Crippen LogP contribution in [-0.4, -0.2) is 0 Å². The molecule has 0 heterocycles. The molecule has 0 fully saturated rings. The topological polar surface area (TPSA) is 0 Å². The molecule has 0 saturated heterocycles. The molecule has 16 heavy (non-hydrogen) atoms. The maximum atomic E-state index is 2.33. The van der Waals surface area contributed by atoms with E-state index in [0.717, 1.165) is 6.42 Å². The molecule has 1 aliphatic carbocycles. The molecule has 0 bridgehead atoms. The largest absolute Gasteiger partial charge is 0.0801 e. The highest BCUT2D eigenvalue weighted by Crippen LogP contribution is 2.25. The molecule has 0 unspecified atom stereocenters. The van der Waals surface area contributed by atoms with Crippen molar-refractivity contribution < 1.29 is 0 Å². The number of benzene rings is 1. The number of hydrogen-bond acceptors (Lipinski definition) is 0. The third-order valence-corrected chi connectivity index (χ3v) is 2.91. The lowest BCUT2D eigenvalue weighted by molar-refractivity contribution is 0.792. The van der Waals surface area contributed by atoms with Crippen molar-refractivity contribution in [3.8, 4) is 0 Å². The third-order valence-electron chi connectivity index (χ3n) is 2.91. The molecule has 82 valence electrons. The molecule has 0 aliphatic heterocycles. The maximum absolute atomic E-state index is 2.33. The highest BCUT2D eigenvalue weighted by atomic mass is 14.1. The van der Waals surface area contributed by atoms with Crippen LogP contribution in [0.2, 0.25) is 0 Å². The van der Waals surface area contributed by atoms with E-state index in [4.69, 9.17) is 0 Å². The van der Waals surface area contributed by atoms with E-state index in [1.165, 1.54) is 16.7 Å². The summed E-state index contributed by atoms with van der Waals surface area (Å²) < 4.78 is 0. The summed E-state index contributed by atoms with van der Waals surface area (Å²) in [5.41, 5.74) is 4.16. The molecule has 2 rings (SSSR count). The predicted molar refractivity (Wildman–Crippen MR) is 71.1 cm³/mol. The minimum absolute atomic E-state index is 0.585. The Kier molecular flexibility index (Phi) is 3.40. The zero-order valence-electron chi connectivity index (χ0n) is 9.98. The van der Waals surface area contributed by atoms with Crippen molar-refractivity contribution in [3.05, 3.63) is 65.8 Å². The monoisotopic (exact) mass is 210 g/mol. The van der Waals surface area contributed by atoms with Gasteiger partial charge in [-0.3, -0.25) is 0 Å². The van der Waals surface area contributed by atoms with Crippen molar-refractivity contribution in [2.75, 3.05) is 0 Å². The van der Waals surface area contributed by atoms with Crippen LogP contribution in [0.4, 0.5) is 0 Å². The van der Waals surface area contributed by atoms with Crippen molar-refractivity contribution in [3.63, 3.8) is 0 Å². The summed E-state index contributed by atoms with van der Waals surface area (Å²) in [6.07, 6.45) is 9.98. The number of hydrogen-bond donors (Lipinski definition) is 0. The molecule has 0 atom stereocenters. The van der Waals surface area contributed by atoms with Gasteiger partial charge in [0.15, 0.2) is 0 Å². The fraction of sp³-hybridized carbons (Fsp3) is 0.250. The predicted octanol–water partition coefficient (Wildman–Crippen LogP) is 4.61. The van der Waals surface area contributed by atoms with Crippen molar-refractivity contribution in [1.29, 1.82) is 0 Å². The van der Waals surface area contributed by atoms with Gasteiger partial charge in [0.2, 0.25) is 0 Å². The molecule has 0 radical (unpaired) electrons. The molecule has 1 aromatic carbocycles. The molecule has 0 spiro atoms. The molecule has 0 aromatic heterocycles. The van der Waals surface area contributed by atoms with E-state index in [0.29, 0.717) is 5.92 Å². The Morgan fingerprint density at radius 3 is 2.50 bits per heavy atom. The SMILES string of the molecule is CC(C)C1=CC=CCC(c2ccccc2)=C1. The zero-order valence-corrected chi connectivity index (χ0v) is 9.98. The molecule has 0 nitrogen and oxygen atoms in total. The van der Waals surface area contributed by atoms with E-state index < -0.39 is 0 Å². The van der Waals surface area contributed by atoms with E-state index in [1.54, 1.807) is 0 Å². The van der Waals surface area contributed by atoms with Crippen LogP contribution in [0.3, 0.4) is 0 Å². The summed E-state index contributed by atoms with van der Waals surface area (Å²) in [6, 6.07) is 10.6. The first kappa shape index (κ1) is 10.9. The quantitative estimate of drug-likeness (QED) is 0.668. The lowest BCUT2D eigenvalue weighted by Crippen LogP contribution is -1.91. The lowest BCUT2D eigenvalue weighted by Gasteiger charge is -2.08. The Bertz CT molecular complexity index is 430. The Hall–Kier alpha value is -1.56. The Labute approximate surface area is 98.0 Å². The highest BCUT2D eigenvalue weighted by Gasteiger charge is 2.05. The van der Waals surface area contributed by atoms with Gasteiger partial charge < -0.3 is 0 Å². The number of rotatable bonds is 2. The van der Waals surface area contributed by atoms with Gasteiger partial charge in [0, 0.05) is 0 Å². The second-order valence-corrected chi connectivity index (χ2v) is 4.49. The first-order valence-corrected chi connectivity index (χ1v) is 5.90. The third kappa shape index (κ3) is 2.52. The van der Waals surface area contributed by atoms with E-state index >= 15 is 0 Å². The summed E-state index contributed by atoms with van der Waals surface area (Å²) in [5.74, 6) is 0.585. The van der Waals surface area contributed by atoms with Crippen LogP contribution in [0, 0.1) is 5.92 Å². The molecule has 0 saturated carbocycles. The lowest BCUT2D eigenvalue weighted by atomic mass is 9.97. The molecule has 0 N–H and O–H groups in total. The minimum atomic E-state index is 0.585. The van der Waals surface area contributed by atoms with Crippen LogP contribution < -0.4 is 0 Å². The van der Waals surface area contributed by atoms with Gasteiger partial charge in [-0.05, 0) is 29.0 Å². The van der Waals surface area contributed by atoms with E-state index in [-0.39, 0.29) is 0 Å². The summed E-state index contributed by atoms with van der Waals surface area (Å²) in [6.45, 7) is 4.48. The first-order valence-electron chi connectivity index (χ1n) is 5.90. The van der Waals surface area contributed by atoms with Crippen LogP contribution in [0.25, 0.3) is 5.57 Å². The van der Waals surface area contributed by atoms with Gasteiger partial charge in [-0.1, -0.05) is 68.5 Å². The Morgan fingerprint density at radius 1 is 1.06 bits per heavy atom. The number of allylic oxidation sites excluding steroid dienone is 6. The first-order chi connectivity index (χ1) is 7.77. The summed E-state index contributed by atoms with van der Waals surface area (Å²) in [5, 5.41) is 0. The van der Waals surface area contributed by atoms with E-state index in [9.17, 15) is 0 Å². The van der Waals surface area contributed by atoms with Gasteiger partial charge in [-0.25, -0.2) is 0 Å². The fourth-order valence-electron chi connectivity index (χ4n) is 1.89. The Morgan fingerprint density at radius 2 is 1.81 bits per heavy atom. The van der Waals surface area contributed by atoms with Crippen LogP contribution in [0.15, 0.2) is 60.2 Å². The molecule has 1 aliphatic rings. The Balaban J connectivity index is 2.35. The van der Waals surface area contributed by atoms with Crippen molar-refractivity contribution in [1.82, 2.24) is 0 Å². The zero-order chi connectivity index (χ0) is 11.4. The standard InChI is InChI=1S/C16H18/c1-13(2)15-10-6-7-11-16(12-15)14-8-4-3-5-9-14/h3-10,12-13H,11H2,1-2H3. The van der Waals surface area contributed by atoms with Crippen LogP contribution in [-0.2, 0) is 0 Å². The van der Waals surface area contributed by atoms with Gasteiger partial charge in [-0.15, -0.1) is 0 Å². The van der Waals surface area contributed by atoms with Gasteiger partial charge in [-0.2, -0.15) is 0 Å². The smallest absolute Gasteiger partial charge is 0.00883 e. The summed E-state index contributed by atoms with van der Waals surface area (Å²) in [4.78, 5) is 0. The second kappa shape index (κ2) is 4.98.